The van der Waals surface area contributed by atoms with E-state index in [9.17, 15) is 0 Å². The maximum atomic E-state index is 6.18. The van der Waals surface area contributed by atoms with Gasteiger partial charge in [-0.05, 0) is 31.7 Å². The van der Waals surface area contributed by atoms with Crippen LogP contribution in [0.4, 0.5) is 0 Å². The molecule has 1 fully saturated rings. The normalized spacial score (nSPS) is 34.8. The Kier molecular flexibility index (Phi) is 2.33. The third-order valence-corrected chi connectivity index (χ3v) is 3.98. The van der Waals surface area contributed by atoms with Crippen molar-refractivity contribution in [3.05, 3.63) is 23.8 Å². The van der Waals surface area contributed by atoms with Gasteiger partial charge in [0, 0.05) is 18.0 Å². The third kappa shape index (κ3) is 1.69. The van der Waals surface area contributed by atoms with Gasteiger partial charge in [-0.15, -0.1) is 0 Å². The maximum Gasteiger partial charge on any atom is 0.165 e. The molecule has 2 unspecified atom stereocenters. The molecule has 1 aromatic rings. The fourth-order valence-electron chi connectivity index (χ4n) is 3.38. The number of nitrogens with two attached hydrogens (primary N) is 1. The first-order valence-electron chi connectivity index (χ1n) is 6.23. The quantitative estimate of drug-likeness (QED) is 0.810. The molecule has 3 rings (SSSR count). The van der Waals surface area contributed by atoms with Crippen LogP contribution in [-0.4, -0.2) is 18.8 Å². The van der Waals surface area contributed by atoms with E-state index in [2.05, 4.69) is 13.0 Å². The molecule has 1 aliphatic carbocycles. The van der Waals surface area contributed by atoms with Crippen LogP contribution in [0.3, 0.4) is 0 Å². The number of hydrogen-bond donors (Lipinski definition) is 1. The summed E-state index contributed by atoms with van der Waals surface area (Å²) >= 11 is 0. The molecule has 1 heterocycles. The summed E-state index contributed by atoms with van der Waals surface area (Å²) in [6, 6.07) is 6.38. The lowest BCUT2D eigenvalue weighted by Crippen LogP contribution is -2.48. The largest absolute Gasteiger partial charge is 0.493 e. The molecule has 0 spiro atoms. The van der Waals surface area contributed by atoms with Crippen molar-refractivity contribution in [2.45, 2.75) is 43.7 Å². The molecular weight excluding hydrogens is 214 g/mol. The molecule has 3 atom stereocenters. The SMILES string of the molecule is COc1cccc2c1OC1(C)CC2C[C@H](N)C1. The fourth-order valence-corrected chi connectivity index (χ4v) is 3.38. The molecule has 1 aromatic carbocycles. The molecular formula is C14H19NO2. The molecule has 0 amide bonds. The Morgan fingerprint density at radius 2 is 2.24 bits per heavy atom. The van der Waals surface area contributed by atoms with Crippen LogP contribution in [0.1, 0.15) is 37.7 Å². The van der Waals surface area contributed by atoms with Crippen LogP contribution >= 0.6 is 0 Å². The van der Waals surface area contributed by atoms with E-state index < -0.39 is 0 Å². The van der Waals surface area contributed by atoms with Gasteiger partial charge in [-0.1, -0.05) is 12.1 Å². The first-order valence-corrected chi connectivity index (χ1v) is 6.23. The van der Waals surface area contributed by atoms with E-state index in [1.807, 2.05) is 12.1 Å². The number of hydrogen-bond acceptors (Lipinski definition) is 3. The van der Waals surface area contributed by atoms with E-state index in [4.69, 9.17) is 15.2 Å². The highest BCUT2D eigenvalue weighted by molar-refractivity contribution is 5.50. The minimum atomic E-state index is -0.121. The number of rotatable bonds is 1. The van der Waals surface area contributed by atoms with Crippen molar-refractivity contribution in [3.63, 3.8) is 0 Å². The van der Waals surface area contributed by atoms with E-state index >= 15 is 0 Å². The molecule has 3 heteroatoms. The lowest BCUT2D eigenvalue weighted by Gasteiger charge is -2.46. The highest BCUT2D eigenvalue weighted by Crippen LogP contribution is 2.51. The number of para-hydroxylation sites is 1. The second-order valence-corrected chi connectivity index (χ2v) is 5.53. The molecule has 1 aliphatic heterocycles. The fraction of sp³-hybridized carbons (Fsp3) is 0.571. The van der Waals surface area contributed by atoms with Crippen molar-refractivity contribution >= 4 is 0 Å². The number of ether oxygens (including phenoxy) is 2. The van der Waals surface area contributed by atoms with E-state index in [0.717, 1.165) is 30.8 Å². The summed E-state index contributed by atoms with van der Waals surface area (Å²) < 4.78 is 11.6. The van der Waals surface area contributed by atoms with Crippen molar-refractivity contribution in [1.29, 1.82) is 0 Å². The van der Waals surface area contributed by atoms with Crippen LogP contribution < -0.4 is 15.2 Å². The highest BCUT2D eigenvalue weighted by Gasteiger charge is 2.44. The molecule has 0 radical (unpaired) electrons. The molecule has 92 valence electrons. The summed E-state index contributed by atoms with van der Waals surface area (Å²) in [5.41, 5.74) is 7.27. The summed E-state index contributed by atoms with van der Waals surface area (Å²) in [5, 5.41) is 0. The second kappa shape index (κ2) is 3.64. The summed E-state index contributed by atoms with van der Waals surface area (Å²) in [4.78, 5) is 0. The second-order valence-electron chi connectivity index (χ2n) is 5.53. The van der Waals surface area contributed by atoms with Gasteiger partial charge < -0.3 is 15.2 Å². The Morgan fingerprint density at radius 3 is 3.00 bits per heavy atom. The van der Waals surface area contributed by atoms with Gasteiger partial charge in [0.1, 0.15) is 5.60 Å². The Morgan fingerprint density at radius 1 is 1.41 bits per heavy atom. The first-order chi connectivity index (χ1) is 8.11. The van der Waals surface area contributed by atoms with Gasteiger partial charge in [-0.3, -0.25) is 0 Å². The van der Waals surface area contributed by atoms with Crippen molar-refractivity contribution in [1.82, 2.24) is 0 Å². The smallest absolute Gasteiger partial charge is 0.165 e. The standard InChI is InChI=1S/C14H19NO2/c1-14-7-9(6-10(15)8-14)11-4-3-5-12(16-2)13(11)17-14/h3-5,9-10H,6-8,15H2,1-2H3/t9?,10-,14?/m0/s1. The Hall–Kier alpha value is -1.22. The zero-order valence-electron chi connectivity index (χ0n) is 10.4. The van der Waals surface area contributed by atoms with Gasteiger partial charge in [0.25, 0.3) is 0 Å². The lowest BCUT2D eigenvalue weighted by atomic mass is 9.71. The van der Waals surface area contributed by atoms with E-state index in [-0.39, 0.29) is 11.6 Å². The zero-order chi connectivity index (χ0) is 12.0. The molecule has 0 saturated heterocycles. The molecule has 1 saturated carbocycles. The molecule has 2 N–H and O–H groups in total. The first kappa shape index (κ1) is 10.9. The van der Waals surface area contributed by atoms with E-state index in [0.29, 0.717) is 5.92 Å². The number of benzene rings is 1. The number of methoxy groups -OCH3 is 1. The lowest BCUT2D eigenvalue weighted by molar-refractivity contribution is 0.0112. The highest BCUT2D eigenvalue weighted by atomic mass is 16.5. The Bertz CT molecular complexity index is 446. The topological polar surface area (TPSA) is 44.5 Å². The van der Waals surface area contributed by atoms with Gasteiger partial charge in [0.2, 0.25) is 0 Å². The third-order valence-electron chi connectivity index (χ3n) is 3.98. The number of fused-ring (bicyclic) bond motifs is 4. The molecule has 0 aromatic heterocycles. The minimum absolute atomic E-state index is 0.121. The molecule has 2 aliphatic rings. The van der Waals surface area contributed by atoms with Crippen LogP contribution in [0.25, 0.3) is 0 Å². The summed E-state index contributed by atoms with van der Waals surface area (Å²) in [5.74, 6) is 2.29. The van der Waals surface area contributed by atoms with Crippen LogP contribution in [-0.2, 0) is 0 Å². The molecule has 17 heavy (non-hydrogen) atoms. The van der Waals surface area contributed by atoms with Gasteiger partial charge >= 0.3 is 0 Å². The van der Waals surface area contributed by atoms with Gasteiger partial charge in [-0.25, -0.2) is 0 Å². The molecule has 2 bridgehead atoms. The predicted octanol–water partition coefficient (Wildman–Crippen LogP) is 2.44. The van der Waals surface area contributed by atoms with Crippen molar-refractivity contribution in [2.24, 2.45) is 5.73 Å². The minimum Gasteiger partial charge on any atom is -0.493 e. The van der Waals surface area contributed by atoms with Crippen LogP contribution in [0, 0.1) is 0 Å². The van der Waals surface area contributed by atoms with Crippen molar-refractivity contribution in [3.8, 4) is 11.5 Å². The van der Waals surface area contributed by atoms with E-state index in [1.54, 1.807) is 7.11 Å². The van der Waals surface area contributed by atoms with Crippen molar-refractivity contribution in [2.75, 3.05) is 7.11 Å². The van der Waals surface area contributed by atoms with Crippen LogP contribution in [0.5, 0.6) is 11.5 Å². The Labute approximate surface area is 102 Å². The van der Waals surface area contributed by atoms with Crippen LogP contribution in [0.15, 0.2) is 18.2 Å². The summed E-state index contributed by atoms with van der Waals surface area (Å²) in [6.45, 7) is 2.16. The Balaban J connectivity index is 2.09. The van der Waals surface area contributed by atoms with Gasteiger partial charge in [-0.2, -0.15) is 0 Å². The predicted molar refractivity (Wildman–Crippen MR) is 66.6 cm³/mol. The zero-order valence-corrected chi connectivity index (χ0v) is 10.4. The van der Waals surface area contributed by atoms with Crippen molar-refractivity contribution < 1.29 is 9.47 Å². The summed E-state index contributed by atoms with van der Waals surface area (Å²) in [7, 11) is 1.69. The maximum absolute atomic E-state index is 6.18. The monoisotopic (exact) mass is 233 g/mol. The van der Waals surface area contributed by atoms with Gasteiger partial charge in [0.15, 0.2) is 11.5 Å². The average Bonchev–Trinajstić information content (AvgIpc) is 2.26. The van der Waals surface area contributed by atoms with E-state index in [1.165, 1.54) is 5.56 Å². The van der Waals surface area contributed by atoms with Crippen LogP contribution in [0.2, 0.25) is 0 Å². The summed E-state index contributed by atoms with van der Waals surface area (Å²) in [6.07, 6.45) is 3.06. The average molecular weight is 233 g/mol. The van der Waals surface area contributed by atoms with Gasteiger partial charge in [0.05, 0.1) is 7.11 Å². The molecule has 3 nitrogen and oxygen atoms in total.